The number of unbranched alkanes of at least 4 members (excludes halogenated alkanes) is 6. The Labute approximate surface area is 211 Å². The highest BCUT2D eigenvalue weighted by Gasteiger charge is 2.49. The molecule has 3 unspecified atom stereocenters. The Bertz CT molecular complexity index is 887. The van der Waals surface area contributed by atoms with Crippen molar-refractivity contribution in [2.24, 2.45) is 5.73 Å². The molecule has 0 radical (unpaired) electrons. The van der Waals surface area contributed by atoms with Crippen molar-refractivity contribution in [1.82, 2.24) is 0 Å². The molecule has 0 spiro atoms. The molecule has 1 heterocycles. The predicted octanol–water partition coefficient (Wildman–Crippen LogP) is 6.16. The number of rotatable bonds is 15. The van der Waals surface area contributed by atoms with Crippen LogP contribution in [0.3, 0.4) is 0 Å². The van der Waals surface area contributed by atoms with Gasteiger partial charge in [-0.25, -0.2) is 0 Å². The van der Waals surface area contributed by atoms with Gasteiger partial charge in [-0.2, -0.15) is 0 Å². The molecule has 1 aliphatic heterocycles. The third kappa shape index (κ3) is 6.69. The van der Waals surface area contributed by atoms with Crippen LogP contribution in [0.5, 0.6) is 17.2 Å². The number of fused-ring (bicyclic) bond motifs is 1. The lowest BCUT2D eigenvalue weighted by Gasteiger charge is -2.47. The Hall–Kier alpha value is -2.28. The molecule has 0 aromatic heterocycles. The zero-order valence-corrected chi connectivity index (χ0v) is 21.9. The van der Waals surface area contributed by atoms with Crippen LogP contribution in [0.1, 0.15) is 75.3 Å². The van der Waals surface area contributed by atoms with E-state index >= 15 is 0 Å². The van der Waals surface area contributed by atoms with E-state index in [1.54, 1.807) is 21.3 Å². The first-order valence-corrected chi connectivity index (χ1v) is 12.9. The van der Waals surface area contributed by atoms with Crippen LogP contribution >= 0.6 is 0 Å². The van der Waals surface area contributed by atoms with Crippen LogP contribution in [0.25, 0.3) is 0 Å². The maximum atomic E-state index is 6.44. The van der Waals surface area contributed by atoms with E-state index in [0.29, 0.717) is 0 Å². The molecular formula is C29H43NO5. The molecule has 3 atom stereocenters. The van der Waals surface area contributed by atoms with Gasteiger partial charge in [-0.1, -0.05) is 56.7 Å². The van der Waals surface area contributed by atoms with E-state index in [2.05, 4.69) is 25.1 Å². The molecule has 0 fully saturated rings. The van der Waals surface area contributed by atoms with Crippen molar-refractivity contribution in [3.63, 3.8) is 0 Å². The molecule has 35 heavy (non-hydrogen) atoms. The monoisotopic (exact) mass is 485 g/mol. The van der Waals surface area contributed by atoms with E-state index in [9.17, 15) is 0 Å². The van der Waals surface area contributed by atoms with Crippen LogP contribution in [0.4, 0.5) is 0 Å². The minimum Gasteiger partial charge on any atom is -0.497 e. The van der Waals surface area contributed by atoms with E-state index in [-0.39, 0.29) is 18.1 Å². The fourth-order valence-corrected chi connectivity index (χ4v) is 5.26. The molecule has 0 saturated heterocycles. The molecule has 1 aliphatic rings. The summed E-state index contributed by atoms with van der Waals surface area (Å²) in [6.45, 7) is 3.29. The molecule has 0 saturated carbocycles. The maximum absolute atomic E-state index is 6.44. The van der Waals surface area contributed by atoms with Gasteiger partial charge in [-0.05, 0) is 55.6 Å². The summed E-state index contributed by atoms with van der Waals surface area (Å²) in [6.07, 6.45) is 9.22. The Kier molecular flexibility index (Phi) is 10.7. The number of benzene rings is 2. The molecule has 2 aromatic carbocycles. The van der Waals surface area contributed by atoms with E-state index in [4.69, 9.17) is 29.4 Å². The van der Waals surface area contributed by atoms with Gasteiger partial charge >= 0.3 is 0 Å². The maximum Gasteiger partial charge on any atom is 0.209 e. The lowest BCUT2D eigenvalue weighted by molar-refractivity contribution is -0.123. The van der Waals surface area contributed by atoms with Crippen molar-refractivity contribution in [2.45, 2.75) is 75.9 Å². The molecule has 0 bridgehead atoms. The molecular weight excluding hydrogens is 442 g/mol. The first-order valence-electron chi connectivity index (χ1n) is 12.9. The smallest absolute Gasteiger partial charge is 0.209 e. The second kappa shape index (κ2) is 13.7. The van der Waals surface area contributed by atoms with Gasteiger partial charge in [-0.15, -0.1) is 0 Å². The van der Waals surface area contributed by atoms with Crippen molar-refractivity contribution in [1.29, 1.82) is 0 Å². The van der Waals surface area contributed by atoms with E-state index < -0.39 is 6.29 Å². The summed E-state index contributed by atoms with van der Waals surface area (Å²) in [4.78, 5) is 0. The van der Waals surface area contributed by atoms with E-state index in [1.807, 2.05) is 24.3 Å². The fraction of sp³-hybridized carbons (Fsp3) is 0.586. The molecule has 0 aliphatic carbocycles. The van der Waals surface area contributed by atoms with Crippen LogP contribution in [-0.2, 0) is 14.9 Å². The van der Waals surface area contributed by atoms with Crippen LogP contribution in [0, 0.1) is 0 Å². The van der Waals surface area contributed by atoms with Crippen LogP contribution < -0.4 is 19.9 Å². The number of ether oxygens (including phenoxy) is 5. The predicted molar refractivity (Wildman–Crippen MR) is 139 cm³/mol. The Morgan fingerprint density at radius 1 is 0.857 bits per heavy atom. The van der Waals surface area contributed by atoms with E-state index in [0.717, 1.165) is 43.1 Å². The van der Waals surface area contributed by atoms with E-state index in [1.165, 1.54) is 43.2 Å². The third-order valence-electron chi connectivity index (χ3n) is 7.27. The zero-order chi connectivity index (χ0) is 25.1. The van der Waals surface area contributed by atoms with Crippen LogP contribution in [0.2, 0.25) is 0 Å². The van der Waals surface area contributed by atoms with Gasteiger partial charge in [0, 0.05) is 26.2 Å². The molecule has 194 valence electrons. The lowest BCUT2D eigenvalue weighted by atomic mass is 9.65. The summed E-state index contributed by atoms with van der Waals surface area (Å²) in [7, 11) is 5.03. The molecule has 2 N–H and O–H groups in total. The van der Waals surface area contributed by atoms with Crippen molar-refractivity contribution in [2.75, 3.05) is 34.7 Å². The van der Waals surface area contributed by atoms with Crippen molar-refractivity contribution >= 4 is 0 Å². The second-order valence-corrected chi connectivity index (χ2v) is 9.55. The number of hydrogen-bond donors (Lipinski definition) is 1. The van der Waals surface area contributed by atoms with Gasteiger partial charge in [0.05, 0.1) is 12.5 Å². The minimum atomic E-state index is -0.422. The minimum absolute atomic E-state index is 0.227. The number of nitrogens with two attached hydrogens (primary N) is 1. The highest BCUT2D eigenvalue weighted by atomic mass is 16.7. The largest absolute Gasteiger partial charge is 0.497 e. The topological polar surface area (TPSA) is 72.2 Å². The van der Waals surface area contributed by atoms with Crippen LogP contribution in [-0.4, -0.2) is 41.0 Å². The van der Waals surface area contributed by atoms with Gasteiger partial charge < -0.3 is 29.4 Å². The second-order valence-electron chi connectivity index (χ2n) is 9.55. The van der Waals surface area contributed by atoms with Crippen molar-refractivity contribution < 1.29 is 23.7 Å². The van der Waals surface area contributed by atoms with Gasteiger partial charge in [-0.3, -0.25) is 0 Å². The Morgan fingerprint density at radius 3 is 2.14 bits per heavy atom. The van der Waals surface area contributed by atoms with Crippen LogP contribution in [0.15, 0.2) is 42.5 Å². The molecule has 6 nitrogen and oxygen atoms in total. The molecule has 2 aromatic rings. The Balaban J connectivity index is 1.83. The Morgan fingerprint density at radius 2 is 1.51 bits per heavy atom. The highest BCUT2D eigenvalue weighted by molar-refractivity contribution is 5.49. The third-order valence-corrected chi connectivity index (χ3v) is 7.27. The fourth-order valence-electron chi connectivity index (χ4n) is 5.26. The first kappa shape index (κ1) is 27.3. The normalized spacial score (nSPS) is 21.3. The highest BCUT2D eigenvalue weighted by Crippen LogP contribution is 2.53. The lowest BCUT2D eigenvalue weighted by Crippen LogP contribution is -2.49. The summed E-state index contributed by atoms with van der Waals surface area (Å²) in [5.41, 5.74) is 7.63. The number of hydrogen-bond acceptors (Lipinski definition) is 6. The average Bonchev–Trinajstić information content (AvgIpc) is 2.89. The van der Waals surface area contributed by atoms with Gasteiger partial charge in [0.2, 0.25) is 6.29 Å². The van der Waals surface area contributed by atoms with Gasteiger partial charge in [0.25, 0.3) is 0 Å². The molecule has 6 heteroatoms. The quantitative estimate of drug-likeness (QED) is 0.240. The van der Waals surface area contributed by atoms with Crippen molar-refractivity contribution in [3.05, 3.63) is 53.6 Å². The molecule has 0 amide bonds. The van der Waals surface area contributed by atoms with Gasteiger partial charge in [0.15, 0.2) is 6.79 Å². The summed E-state index contributed by atoms with van der Waals surface area (Å²) in [5.74, 6) is 2.66. The summed E-state index contributed by atoms with van der Waals surface area (Å²) >= 11 is 0. The van der Waals surface area contributed by atoms with Crippen molar-refractivity contribution in [3.8, 4) is 17.2 Å². The zero-order valence-electron chi connectivity index (χ0n) is 21.9. The standard InChI is InChI=1S/C29H43NO5/c1-29(22-13-15-23(16-14-22)34-21-31-2)26(12-10-8-6-5-7-9-11-19-30)25-18-17-24(32-3)20-27(25)35-28(29)33-4/h13-18,20,26,28H,5-12,19,21,30H2,1-4H3. The summed E-state index contributed by atoms with van der Waals surface area (Å²) in [5, 5.41) is 0. The molecule has 3 rings (SSSR count). The number of methoxy groups -OCH3 is 3. The average molecular weight is 486 g/mol. The SMILES string of the molecule is COCOc1ccc(C2(C)C(OC)Oc3cc(OC)ccc3C2CCCCCCCCCN)cc1. The summed E-state index contributed by atoms with van der Waals surface area (Å²) in [6, 6.07) is 14.4. The summed E-state index contributed by atoms with van der Waals surface area (Å²) < 4.78 is 28.5. The first-order chi connectivity index (χ1) is 17.1. The van der Waals surface area contributed by atoms with Gasteiger partial charge in [0.1, 0.15) is 17.2 Å².